The molecule has 1 amide bonds. The lowest BCUT2D eigenvalue weighted by Gasteiger charge is -2.12. The van der Waals surface area contributed by atoms with Gasteiger partial charge in [0.15, 0.2) is 0 Å². The molecular weight excluding hydrogens is 367 g/mol. The maximum atomic E-state index is 14.0. The molecule has 3 aromatic rings. The summed E-state index contributed by atoms with van der Waals surface area (Å²) in [4.78, 5) is 20.8. The van der Waals surface area contributed by atoms with Crippen molar-refractivity contribution in [1.82, 2.24) is 10.3 Å². The Kier molecular flexibility index (Phi) is 6.12. The molecular formula is C20H16ClFN4O. The van der Waals surface area contributed by atoms with E-state index in [0.717, 1.165) is 5.56 Å². The predicted molar refractivity (Wildman–Crippen MR) is 104 cm³/mol. The number of guanidine groups is 1. The summed E-state index contributed by atoms with van der Waals surface area (Å²) < 4.78 is 14.0. The number of hydrogen-bond donors (Lipinski definition) is 2. The Bertz CT molecular complexity index is 946. The third kappa shape index (κ3) is 5.36. The van der Waals surface area contributed by atoms with Crippen molar-refractivity contribution >= 4 is 29.2 Å². The second-order valence-corrected chi connectivity index (χ2v) is 6.02. The lowest BCUT2D eigenvalue weighted by Crippen LogP contribution is -2.36. The molecule has 0 fully saturated rings. The number of halogens is 2. The summed E-state index contributed by atoms with van der Waals surface area (Å²) in [7, 11) is 0. The van der Waals surface area contributed by atoms with Crippen molar-refractivity contribution in [1.29, 1.82) is 0 Å². The van der Waals surface area contributed by atoms with Crippen LogP contribution in [0.1, 0.15) is 15.9 Å². The molecule has 0 radical (unpaired) electrons. The van der Waals surface area contributed by atoms with E-state index in [2.05, 4.69) is 20.6 Å². The number of aliphatic imine (C=N–C) groups is 1. The van der Waals surface area contributed by atoms with Crippen LogP contribution in [0, 0.1) is 5.82 Å². The van der Waals surface area contributed by atoms with Gasteiger partial charge in [-0.25, -0.2) is 9.38 Å². The quantitative estimate of drug-likeness (QED) is 0.523. The van der Waals surface area contributed by atoms with Crippen molar-refractivity contribution in [3.8, 4) is 0 Å². The number of rotatable bonds is 4. The SMILES string of the molecule is O=C(NC(=NCc1ccncc1)Nc1ccccc1F)c1ccc(Cl)cc1. The molecule has 0 aliphatic rings. The molecule has 136 valence electrons. The van der Waals surface area contributed by atoms with E-state index in [0.29, 0.717) is 17.1 Å². The first-order chi connectivity index (χ1) is 13.1. The fourth-order valence-electron chi connectivity index (χ4n) is 2.24. The van der Waals surface area contributed by atoms with E-state index in [-0.39, 0.29) is 17.6 Å². The number of para-hydroxylation sites is 1. The minimum absolute atomic E-state index is 0.136. The van der Waals surface area contributed by atoms with Gasteiger partial charge >= 0.3 is 0 Å². The zero-order valence-corrected chi connectivity index (χ0v) is 14.9. The fraction of sp³-hybridized carbons (Fsp3) is 0.0500. The average Bonchev–Trinajstić information content (AvgIpc) is 2.69. The zero-order chi connectivity index (χ0) is 19.1. The number of nitrogens with one attached hydrogen (secondary N) is 2. The Labute approximate surface area is 160 Å². The lowest BCUT2D eigenvalue weighted by molar-refractivity contribution is 0.0977. The second-order valence-electron chi connectivity index (χ2n) is 5.59. The molecule has 2 aromatic carbocycles. The zero-order valence-electron chi connectivity index (χ0n) is 14.2. The molecule has 0 saturated carbocycles. The first-order valence-electron chi connectivity index (χ1n) is 8.13. The predicted octanol–water partition coefficient (Wildman–Crippen LogP) is 4.27. The molecule has 1 aromatic heterocycles. The highest BCUT2D eigenvalue weighted by Gasteiger charge is 2.11. The minimum Gasteiger partial charge on any atom is -0.323 e. The fourth-order valence-corrected chi connectivity index (χ4v) is 2.37. The highest BCUT2D eigenvalue weighted by atomic mass is 35.5. The lowest BCUT2D eigenvalue weighted by atomic mass is 10.2. The number of carbonyl (C=O) groups is 1. The minimum atomic E-state index is -0.449. The molecule has 1 heterocycles. The summed E-state index contributed by atoms with van der Waals surface area (Å²) >= 11 is 5.85. The van der Waals surface area contributed by atoms with Gasteiger partial charge in [0.05, 0.1) is 12.2 Å². The van der Waals surface area contributed by atoms with Gasteiger partial charge in [-0.05, 0) is 54.1 Å². The molecule has 7 heteroatoms. The molecule has 2 N–H and O–H groups in total. The van der Waals surface area contributed by atoms with E-state index >= 15 is 0 Å². The van der Waals surface area contributed by atoms with Gasteiger partial charge in [0.2, 0.25) is 5.96 Å². The normalized spacial score (nSPS) is 11.1. The van der Waals surface area contributed by atoms with E-state index in [1.165, 1.54) is 6.07 Å². The second kappa shape index (κ2) is 8.91. The van der Waals surface area contributed by atoms with Crippen molar-refractivity contribution in [2.75, 3.05) is 5.32 Å². The molecule has 0 spiro atoms. The van der Waals surface area contributed by atoms with Crippen LogP contribution in [0.25, 0.3) is 0 Å². The number of hydrogen-bond acceptors (Lipinski definition) is 3. The third-order valence-electron chi connectivity index (χ3n) is 3.63. The van der Waals surface area contributed by atoms with Gasteiger partial charge in [0, 0.05) is 23.0 Å². The Morgan fingerprint density at radius 1 is 1.04 bits per heavy atom. The van der Waals surface area contributed by atoms with Gasteiger partial charge in [0.1, 0.15) is 5.82 Å². The molecule has 27 heavy (non-hydrogen) atoms. The number of nitrogens with zero attached hydrogens (tertiary/aromatic N) is 2. The molecule has 3 rings (SSSR count). The number of benzene rings is 2. The van der Waals surface area contributed by atoms with Crippen molar-refractivity contribution < 1.29 is 9.18 Å². The first-order valence-corrected chi connectivity index (χ1v) is 8.51. The smallest absolute Gasteiger partial charge is 0.257 e. The topological polar surface area (TPSA) is 66.4 Å². The van der Waals surface area contributed by atoms with Crippen LogP contribution >= 0.6 is 11.6 Å². The number of amides is 1. The summed E-state index contributed by atoms with van der Waals surface area (Å²) in [6.45, 7) is 0.292. The maximum Gasteiger partial charge on any atom is 0.257 e. The molecule has 0 unspecified atom stereocenters. The van der Waals surface area contributed by atoms with Crippen LogP contribution in [0.4, 0.5) is 10.1 Å². The van der Waals surface area contributed by atoms with E-state index in [9.17, 15) is 9.18 Å². The summed E-state index contributed by atoms with van der Waals surface area (Å²) in [5.74, 6) is -0.698. The number of pyridine rings is 1. The van der Waals surface area contributed by atoms with Crippen molar-refractivity contribution in [3.63, 3.8) is 0 Å². The van der Waals surface area contributed by atoms with Crippen molar-refractivity contribution in [3.05, 3.63) is 95.0 Å². The maximum absolute atomic E-state index is 14.0. The summed E-state index contributed by atoms with van der Waals surface area (Å²) in [6.07, 6.45) is 3.31. The van der Waals surface area contributed by atoms with Gasteiger partial charge in [-0.1, -0.05) is 23.7 Å². The highest BCUT2D eigenvalue weighted by molar-refractivity contribution is 6.30. The summed E-state index contributed by atoms with van der Waals surface area (Å²) in [5, 5.41) is 6.03. The van der Waals surface area contributed by atoms with Gasteiger partial charge in [0.25, 0.3) is 5.91 Å². The van der Waals surface area contributed by atoms with E-state index in [4.69, 9.17) is 11.6 Å². The first kappa shape index (κ1) is 18.5. The number of aromatic nitrogens is 1. The summed E-state index contributed by atoms with van der Waals surface area (Å²) in [5.41, 5.74) is 1.52. The molecule has 0 aliphatic carbocycles. The van der Waals surface area contributed by atoms with E-state index < -0.39 is 5.82 Å². The average molecular weight is 383 g/mol. The Morgan fingerprint density at radius 2 is 1.74 bits per heavy atom. The van der Waals surface area contributed by atoms with E-state index in [1.54, 1.807) is 54.9 Å². The van der Waals surface area contributed by atoms with Gasteiger partial charge in [-0.15, -0.1) is 0 Å². The molecule has 0 aliphatic heterocycles. The van der Waals surface area contributed by atoms with Gasteiger partial charge in [-0.3, -0.25) is 15.1 Å². The van der Waals surface area contributed by atoms with Crippen LogP contribution in [0.3, 0.4) is 0 Å². The van der Waals surface area contributed by atoms with Crippen LogP contribution in [0.5, 0.6) is 0 Å². The van der Waals surface area contributed by atoms with Crippen LogP contribution in [0.15, 0.2) is 78.0 Å². The largest absolute Gasteiger partial charge is 0.323 e. The monoisotopic (exact) mass is 382 g/mol. The van der Waals surface area contributed by atoms with Crippen LogP contribution in [-0.4, -0.2) is 16.9 Å². The third-order valence-corrected chi connectivity index (χ3v) is 3.89. The van der Waals surface area contributed by atoms with Crippen molar-refractivity contribution in [2.24, 2.45) is 4.99 Å². The molecule has 0 saturated heterocycles. The van der Waals surface area contributed by atoms with Gasteiger partial charge in [-0.2, -0.15) is 0 Å². The molecule has 0 bridgehead atoms. The van der Waals surface area contributed by atoms with E-state index in [1.807, 2.05) is 12.1 Å². The Morgan fingerprint density at radius 3 is 2.44 bits per heavy atom. The Balaban J connectivity index is 1.81. The van der Waals surface area contributed by atoms with Crippen LogP contribution in [-0.2, 0) is 6.54 Å². The highest BCUT2D eigenvalue weighted by Crippen LogP contribution is 2.13. The van der Waals surface area contributed by atoms with Crippen LogP contribution in [0.2, 0.25) is 5.02 Å². The summed E-state index contributed by atoms with van der Waals surface area (Å²) in [6, 6.07) is 16.2. The molecule has 5 nitrogen and oxygen atoms in total. The standard InChI is InChI=1S/C20H16ClFN4O/c21-16-7-5-15(6-8-16)19(27)26-20(24-13-14-9-11-23-12-10-14)25-18-4-2-1-3-17(18)22/h1-12H,13H2,(H2,24,25,26,27). The van der Waals surface area contributed by atoms with Crippen LogP contribution < -0.4 is 10.6 Å². The Hall–Kier alpha value is -3.25. The number of carbonyl (C=O) groups excluding carboxylic acids is 1. The van der Waals surface area contributed by atoms with Crippen molar-refractivity contribution in [2.45, 2.75) is 6.54 Å². The molecule has 0 atom stereocenters. The number of anilines is 1. The van der Waals surface area contributed by atoms with Gasteiger partial charge < -0.3 is 5.32 Å².